The Morgan fingerprint density at radius 2 is 1.49 bits per heavy atom. The van der Waals surface area contributed by atoms with Crippen molar-refractivity contribution in [2.45, 2.75) is 110 Å². The third-order valence-corrected chi connectivity index (χ3v) is 7.74. The predicted molar refractivity (Wildman–Crippen MR) is 147 cm³/mol. The average Bonchev–Trinajstić information content (AvgIpc) is 2.88. The fraction of sp³-hybridized carbons (Fsp3) is 0.594. The minimum atomic E-state index is -0.895. The van der Waals surface area contributed by atoms with Gasteiger partial charge in [0.25, 0.3) is 0 Å². The number of carbonyl (C=O) groups is 1. The lowest BCUT2D eigenvalue weighted by Crippen LogP contribution is -2.13. The van der Waals surface area contributed by atoms with E-state index in [4.69, 9.17) is 4.74 Å². The molecule has 1 fully saturated rings. The largest absolute Gasteiger partial charge is 0.494 e. The molecule has 35 heavy (non-hydrogen) atoms. The summed E-state index contributed by atoms with van der Waals surface area (Å²) in [6.45, 7) is 5.19. The molecular weight excluding hydrogens is 432 g/mol. The summed E-state index contributed by atoms with van der Waals surface area (Å²) >= 11 is 0. The van der Waals surface area contributed by atoms with E-state index < -0.39 is 5.97 Å². The van der Waals surface area contributed by atoms with Crippen molar-refractivity contribution in [1.29, 1.82) is 0 Å². The molecular formula is C32H46O3. The number of unbranched alkanes of at least 4 members (excludes halogenated alkanes) is 7. The Kier molecular flexibility index (Phi) is 11.7. The Morgan fingerprint density at radius 3 is 2.17 bits per heavy atom. The van der Waals surface area contributed by atoms with Crippen molar-refractivity contribution in [3.63, 3.8) is 0 Å². The second kappa shape index (κ2) is 15.0. The maximum Gasteiger partial charge on any atom is 0.336 e. The Morgan fingerprint density at radius 1 is 0.829 bits per heavy atom. The lowest BCUT2D eigenvalue weighted by Gasteiger charge is -2.29. The molecule has 2 aromatic rings. The fourth-order valence-corrected chi connectivity index (χ4v) is 5.51. The molecule has 0 bridgehead atoms. The summed E-state index contributed by atoms with van der Waals surface area (Å²) < 4.78 is 5.98. The molecule has 0 amide bonds. The van der Waals surface area contributed by atoms with E-state index in [-0.39, 0.29) is 0 Å². The molecule has 3 rings (SSSR count). The SMILES string of the molecule is CCCCCCCCOc1ccc(C(=O)O)c(-c2ccc(C3CCC(CCCCC)CC3)cc2)c1. The highest BCUT2D eigenvalue weighted by atomic mass is 16.5. The van der Waals surface area contributed by atoms with Gasteiger partial charge in [-0.25, -0.2) is 4.79 Å². The van der Waals surface area contributed by atoms with Crippen molar-refractivity contribution in [3.05, 3.63) is 53.6 Å². The standard InChI is InChI=1S/C32H46O3/c1-3-5-7-8-9-11-23-35-29-21-22-30(32(33)34)31(24-29)28-19-17-27(18-20-28)26-15-13-25(14-16-26)12-10-6-4-2/h17-22,24-26H,3-16,23H2,1-2H3,(H,33,34). The molecule has 0 aliphatic heterocycles. The molecule has 1 N–H and O–H groups in total. The maximum absolute atomic E-state index is 11.9. The summed E-state index contributed by atoms with van der Waals surface area (Å²) in [6.07, 6.45) is 18.0. The van der Waals surface area contributed by atoms with Gasteiger partial charge in [0.1, 0.15) is 5.75 Å². The molecule has 0 atom stereocenters. The molecule has 0 saturated heterocycles. The highest BCUT2D eigenvalue weighted by molar-refractivity contribution is 5.96. The molecule has 0 aromatic heterocycles. The van der Waals surface area contributed by atoms with Crippen LogP contribution in [0.1, 0.15) is 126 Å². The van der Waals surface area contributed by atoms with Gasteiger partial charge in [-0.2, -0.15) is 0 Å². The van der Waals surface area contributed by atoms with Gasteiger partial charge in [0, 0.05) is 0 Å². The van der Waals surface area contributed by atoms with Crippen LogP contribution in [0.3, 0.4) is 0 Å². The summed E-state index contributed by atoms with van der Waals surface area (Å²) in [7, 11) is 0. The van der Waals surface area contributed by atoms with E-state index in [1.807, 2.05) is 6.07 Å². The van der Waals surface area contributed by atoms with Gasteiger partial charge in [-0.05, 0) is 78.8 Å². The van der Waals surface area contributed by atoms with Crippen LogP contribution in [0.2, 0.25) is 0 Å². The number of rotatable bonds is 15. The minimum absolute atomic E-state index is 0.331. The maximum atomic E-state index is 11.9. The summed E-state index contributed by atoms with van der Waals surface area (Å²) in [4.78, 5) is 11.9. The van der Waals surface area contributed by atoms with Crippen LogP contribution < -0.4 is 4.74 Å². The van der Waals surface area contributed by atoms with Crippen molar-refractivity contribution in [2.24, 2.45) is 5.92 Å². The van der Waals surface area contributed by atoms with Gasteiger partial charge in [0.15, 0.2) is 0 Å². The molecule has 1 aliphatic rings. The second-order valence-corrected chi connectivity index (χ2v) is 10.5. The van der Waals surface area contributed by atoms with Crippen molar-refractivity contribution in [2.75, 3.05) is 6.61 Å². The van der Waals surface area contributed by atoms with Crippen LogP contribution in [0.5, 0.6) is 5.75 Å². The van der Waals surface area contributed by atoms with Crippen LogP contribution in [0.25, 0.3) is 11.1 Å². The first kappa shape index (κ1) is 27.3. The van der Waals surface area contributed by atoms with Crippen molar-refractivity contribution in [3.8, 4) is 16.9 Å². The van der Waals surface area contributed by atoms with Crippen LogP contribution in [-0.2, 0) is 0 Å². The van der Waals surface area contributed by atoms with Crippen LogP contribution in [0.4, 0.5) is 0 Å². The molecule has 2 aromatic carbocycles. The highest BCUT2D eigenvalue weighted by Crippen LogP contribution is 2.38. The van der Waals surface area contributed by atoms with Gasteiger partial charge in [-0.15, -0.1) is 0 Å². The first-order valence-electron chi connectivity index (χ1n) is 14.2. The summed E-state index contributed by atoms with van der Waals surface area (Å²) in [6, 6.07) is 14.0. The molecule has 0 heterocycles. The summed E-state index contributed by atoms with van der Waals surface area (Å²) in [5, 5.41) is 9.75. The van der Waals surface area contributed by atoms with E-state index in [1.54, 1.807) is 12.1 Å². The number of benzene rings is 2. The smallest absolute Gasteiger partial charge is 0.336 e. The van der Waals surface area contributed by atoms with Crippen LogP contribution in [0, 0.1) is 5.92 Å². The lowest BCUT2D eigenvalue weighted by molar-refractivity contribution is 0.0697. The molecule has 3 nitrogen and oxygen atoms in total. The molecule has 1 saturated carbocycles. The van der Waals surface area contributed by atoms with Gasteiger partial charge < -0.3 is 9.84 Å². The lowest BCUT2D eigenvalue weighted by atomic mass is 9.77. The quantitative estimate of drug-likeness (QED) is 0.259. The number of carboxylic acid groups (broad SMARTS) is 1. The zero-order valence-electron chi connectivity index (χ0n) is 22.1. The molecule has 192 valence electrons. The van der Waals surface area contributed by atoms with Crippen LogP contribution in [0.15, 0.2) is 42.5 Å². The number of ether oxygens (including phenoxy) is 1. The molecule has 1 aliphatic carbocycles. The number of aromatic carboxylic acids is 1. The predicted octanol–water partition coefficient (Wildman–Crippen LogP) is 9.65. The second-order valence-electron chi connectivity index (χ2n) is 10.5. The van der Waals surface area contributed by atoms with Crippen molar-refractivity contribution >= 4 is 5.97 Å². The van der Waals surface area contributed by atoms with Crippen LogP contribution in [-0.4, -0.2) is 17.7 Å². The third kappa shape index (κ3) is 8.70. The van der Waals surface area contributed by atoms with E-state index in [1.165, 1.54) is 89.0 Å². The van der Waals surface area contributed by atoms with Gasteiger partial charge in [0.2, 0.25) is 0 Å². The molecule has 0 radical (unpaired) electrons. The van der Waals surface area contributed by atoms with Gasteiger partial charge >= 0.3 is 5.97 Å². The Hall–Kier alpha value is -2.29. The fourth-order valence-electron chi connectivity index (χ4n) is 5.51. The number of hydrogen-bond acceptors (Lipinski definition) is 2. The zero-order valence-corrected chi connectivity index (χ0v) is 22.1. The van der Waals surface area contributed by atoms with Crippen LogP contribution >= 0.6 is 0 Å². The third-order valence-electron chi connectivity index (χ3n) is 7.74. The van der Waals surface area contributed by atoms with Gasteiger partial charge in [0.05, 0.1) is 12.2 Å². The monoisotopic (exact) mass is 478 g/mol. The molecule has 0 unspecified atom stereocenters. The Bertz CT molecular complexity index is 878. The summed E-state index contributed by atoms with van der Waals surface area (Å²) in [5.41, 5.74) is 3.42. The number of hydrogen-bond donors (Lipinski definition) is 1. The van der Waals surface area contributed by atoms with E-state index in [0.29, 0.717) is 18.1 Å². The normalized spacial score (nSPS) is 17.9. The van der Waals surface area contributed by atoms with E-state index in [0.717, 1.165) is 29.2 Å². The summed E-state index contributed by atoms with van der Waals surface area (Å²) in [5.74, 6) is 1.41. The first-order chi connectivity index (χ1) is 17.1. The average molecular weight is 479 g/mol. The first-order valence-corrected chi connectivity index (χ1v) is 14.2. The van der Waals surface area contributed by atoms with Crippen molar-refractivity contribution < 1.29 is 14.6 Å². The highest BCUT2D eigenvalue weighted by Gasteiger charge is 2.22. The van der Waals surface area contributed by atoms with E-state index in [2.05, 4.69) is 38.1 Å². The Balaban J connectivity index is 1.59. The number of carboxylic acids is 1. The van der Waals surface area contributed by atoms with E-state index in [9.17, 15) is 9.90 Å². The van der Waals surface area contributed by atoms with Gasteiger partial charge in [-0.3, -0.25) is 0 Å². The van der Waals surface area contributed by atoms with Gasteiger partial charge in [-0.1, -0.05) is 95.9 Å². The molecule has 0 spiro atoms. The zero-order chi connectivity index (χ0) is 24.9. The van der Waals surface area contributed by atoms with E-state index >= 15 is 0 Å². The van der Waals surface area contributed by atoms with Crippen molar-refractivity contribution in [1.82, 2.24) is 0 Å². The topological polar surface area (TPSA) is 46.5 Å². The minimum Gasteiger partial charge on any atom is -0.494 e. The molecule has 3 heteroatoms. The Labute approximate surface area is 213 Å².